The largest absolute Gasteiger partial charge is 0.372 e. The minimum Gasteiger partial charge on any atom is -0.326 e. The summed E-state index contributed by atoms with van der Waals surface area (Å²) >= 11 is 0. The van der Waals surface area contributed by atoms with E-state index in [2.05, 4.69) is 20.0 Å². The van der Waals surface area contributed by atoms with Crippen molar-refractivity contribution in [2.24, 2.45) is 0 Å². The zero-order valence-electron chi connectivity index (χ0n) is 16.9. The van der Waals surface area contributed by atoms with Crippen LogP contribution in [0.15, 0.2) is 78.0 Å². The summed E-state index contributed by atoms with van der Waals surface area (Å²) in [5.41, 5.74) is 2.78. The minimum atomic E-state index is -3.94. The number of rotatable bonds is 5. The van der Waals surface area contributed by atoms with Gasteiger partial charge in [-0.15, -0.1) is 0 Å². The second-order valence-corrected chi connectivity index (χ2v) is 8.66. The van der Waals surface area contributed by atoms with Gasteiger partial charge in [-0.25, -0.2) is 18.0 Å². The summed E-state index contributed by atoms with van der Waals surface area (Å²) in [6, 6.07) is 16.9. The average Bonchev–Trinajstić information content (AvgIpc) is 2.74. The number of anilines is 2. The van der Waals surface area contributed by atoms with E-state index in [1.54, 1.807) is 23.0 Å². The van der Waals surface area contributed by atoms with Crippen LogP contribution >= 0.6 is 0 Å². The molecule has 156 valence electrons. The fourth-order valence-electron chi connectivity index (χ4n) is 2.99. The van der Waals surface area contributed by atoms with E-state index in [-0.39, 0.29) is 16.6 Å². The fraction of sp³-hybridized carbons (Fsp3) is 0.0909. The molecule has 4 rings (SSSR count). The molecule has 0 fully saturated rings. The Morgan fingerprint density at radius 3 is 2.13 bits per heavy atom. The maximum atomic E-state index is 13.0. The highest BCUT2D eigenvalue weighted by Gasteiger charge is 2.24. The van der Waals surface area contributed by atoms with Crippen molar-refractivity contribution in [2.75, 3.05) is 10.0 Å². The third kappa shape index (κ3) is 4.51. The van der Waals surface area contributed by atoms with Crippen LogP contribution in [0.5, 0.6) is 0 Å². The van der Waals surface area contributed by atoms with Gasteiger partial charge in [0.2, 0.25) is 17.2 Å². The number of nitrogens with zero attached hydrogens (tertiary/aromatic N) is 3. The number of aromatic nitrogens is 3. The average molecular weight is 435 g/mol. The lowest BCUT2D eigenvalue weighted by molar-refractivity contribution is -0.598. The van der Waals surface area contributed by atoms with Gasteiger partial charge in [0.25, 0.3) is 10.0 Å². The van der Waals surface area contributed by atoms with Crippen molar-refractivity contribution in [3.8, 4) is 5.82 Å². The lowest BCUT2D eigenvalue weighted by Crippen LogP contribution is -2.33. The Kier molecular flexibility index (Phi) is 5.35. The zero-order valence-corrected chi connectivity index (χ0v) is 17.7. The molecule has 1 amide bonds. The van der Waals surface area contributed by atoms with Gasteiger partial charge in [0, 0.05) is 12.6 Å². The quantitative estimate of drug-likeness (QED) is 0.470. The summed E-state index contributed by atoms with van der Waals surface area (Å²) in [5, 5.41) is 2.61. The molecule has 2 heterocycles. The van der Waals surface area contributed by atoms with Gasteiger partial charge in [-0.05, 0) is 66.0 Å². The molecule has 31 heavy (non-hydrogen) atoms. The summed E-state index contributed by atoms with van der Waals surface area (Å²) in [7, 11) is -3.94. The van der Waals surface area contributed by atoms with E-state index in [1.165, 1.54) is 31.2 Å². The number of hydrogen-bond acceptors (Lipinski definition) is 5. The highest BCUT2D eigenvalue weighted by Crippen LogP contribution is 2.22. The van der Waals surface area contributed by atoms with Crippen molar-refractivity contribution in [1.82, 2.24) is 9.97 Å². The molecule has 2 aromatic carbocycles. The first-order chi connectivity index (χ1) is 14.8. The lowest BCUT2D eigenvalue weighted by Gasteiger charge is -2.10. The van der Waals surface area contributed by atoms with Gasteiger partial charge in [0.05, 0.1) is 17.3 Å². The van der Waals surface area contributed by atoms with Crippen LogP contribution in [0.25, 0.3) is 16.9 Å². The topological polar surface area (TPSA) is 105 Å². The molecule has 0 unspecified atom stereocenters. The van der Waals surface area contributed by atoms with Crippen molar-refractivity contribution in [1.29, 1.82) is 0 Å². The molecule has 0 spiro atoms. The van der Waals surface area contributed by atoms with Crippen LogP contribution < -0.4 is 14.6 Å². The summed E-state index contributed by atoms with van der Waals surface area (Å²) < 4.78 is 30.3. The van der Waals surface area contributed by atoms with Crippen LogP contribution in [0.1, 0.15) is 12.5 Å². The highest BCUT2D eigenvalue weighted by atomic mass is 32.2. The van der Waals surface area contributed by atoms with E-state index < -0.39 is 10.0 Å². The second kappa shape index (κ2) is 8.11. The molecular formula is C22H20N5O3S+. The third-order valence-electron chi connectivity index (χ3n) is 4.51. The Bertz CT molecular complexity index is 1370. The highest BCUT2D eigenvalue weighted by molar-refractivity contribution is 7.92. The van der Waals surface area contributed by atoms with Crippen LogP contribution in [-0.4, -0.2) is 24.3 Å². The first-order valence-electron chi connectivity index (χ1n) is 9.47. The van der Waals surface area contributed by atoms with Crippen LogP contribution in [-0.2, 0) is 14.8 Å². The number of nitrogens with one attached hydrogen (secondary N) is 2. The molecule has 0 aliphatic heterocycles. The van der Waals surface area contributed by atoms with Gasteiger partial charge >= 0.3 is 5.82 Å². The first-order valence-corrected chi connectivity index (χ1v) is 11.0. The molecule has 0 bridgehead atoms. The van der Waals surface area contributed by atoms with Crippen molar-refractivity contribution in [3.05, 3.63) is 78.6 Å². The summed E-state index contributed by atoms with van der Waals surface area (Å²) in [5.74, 6) is 0.232. The Labute approximate surface area is 179 Å². The lowest BCUT2D eigenvalue weighted by atomic mass is 10.3. The number of para-hydroxylation sites is 2. The normalized spacial score (nSPS) is 11.3. The van der Waals surface area contributed by atoms with Crippen LogP contribution in [0.2, 0.25) is 0 Å². The van der Waals surface area contributed by atoms with E-state index in [4.69, 9.17) is 0 Å². The van der Waals surface area contributed by atoms with Crippen molar-refractivity contribution in [2.45, 2.75) is 18.7 Å². The van der Waals surface area contributed by atoms with E-state index >= 15 is 0 Å². The number of amides is 1. The maximum Gasteiger partial charge on any atom is 0.372 e. The summed E-state index contributed by atoms with van der Waals surface area (Å²) in [6.07, 6.45) is 3.60. The smallest absolute Gasteiger partial charge is 0.326 e. The molecule has 4 aromatic rings. The molecule has 0 saturated carbocycles. The number of fused-ring (bicyclic) bond motifs is 1. The molecule has 8 nitrogen and oxygen atoms in total. The van der Waals surface area contributed by atoms with E-state index in [0.29, 0.717) is 22.5 Å². The van der Waals surface area contributed by atoms with Gasteiger partial charge in [-0.2, -0.15) is 0 Å². The van der Waals surface area contributed by atoms with E-state index in [0.717, 1.165) is 5.56 Å². The molecule has 2 aromatic heterocycles. The number of carbonyl (C=O) groups is 1. The molecule has 9 heteroatoms. The third-order valence-corrected chi connectivity index (χ3v) is 5.86. The number of carbonyl (C=O) groups excluding carboxylic acids is 1. The first kappa shape index (κ1) is 20.4. The van der Waals surface area contributed by atoms with Crippen LogP contribution in [0.3, 0.4) is 0 Å². The zero-order chi connectivity index (χ0) is 22.0. The van der Waals surface area contributed by atoms with E-state index in [1.807, 2.05) is 37.3 Å². The van der Waals surface area contributed by atoms with E-state index in [9.17, 15) is 13.2 Å². The number of aryl methyl sites for hydroxylation is 1. The summed E-state index contributed by atoms with van der Waals surface area (Å²) in [4.78, 5) is 20.4. The maximum absolute atomic E-state index is 13.0. The molecule has 0 aliphatic carbocycles. The number of hydrogen-bond donors (Lipinski definition) is 2. The molecule has 0 saturated heterocycles. The number of benzene rings is 2. The monoisotopic (exact) mass is 434 g/mol. The Hall–Kier alpha value is -3.85. The molecule has 0 aliphatic rings. The predicted molar refractivity (Wildman–Crippen MR) is 117 cm³/mol. The van der Waals surface area contributed by atoms with Gasteiger partial charge in [-0.1, -0.05) is 12.1 Å². The second-order valence-electron chi connectivity index (χ2n) is 6.98. The van der Waals surface area contributed by atoms with Crippen LogP contribution in [0, 0.1) is 6.92 Å². The van der Waals surface area contributed by atoms with Gasteiger partial charge in [0.1, 0.15) is 5.52 Å². The predicted octanol–water partition coefficient (Wildman–Crippen LogP) is 2.97. The fourth-order valence-corrected chi connectivity index (χ4v) is 3.99. The molecular weight excluding hydrogens is 414 g/mol. The van der Waals surface area contributed by atoms with Gasteiger partial charge < -0.3 is 5.32 Å². The SMILES string of the molecule is CC(=O)Nc1ccc(S(=O)(=O)Nc2nc3ccccc3nc2-[n+]2ccc(C)cc2)cc1. The van der Waals surface area contributed by atoms with Gasteiger partial charge in [-0.3, -0.25) is 9.52 Å². The van der Waals surface area contributed by atoms with Crippen LogP contribution in [0.4, 0.5) is 11.5 Å². The Morgan fingerprint density at radius 1 is 0.903 bits per heavy atom. The van der Waals surface area contributed by atoms with Crippen molar-refractivity contribution in [3.63, 3.8) is 0 Å². The number of pyridine rings is 1. The van der Waals surface area contributed by atoms with Crippen molar-refractivity contribution >= 4 is 38.5 Å². The molecule has 2 N–H and O–H groups in total. The van der Waals surface area contributed by atoms with Gasteiger partial charge in [0.15, 0.2) is 0 Å². The minimum absolute atomic E-state index is 0.0383. The Morgan fingerprint density at radius 2 is 1.52 bits per heavy atom. The molecule has 0 radical (unpaired) electrons. The standard InChI is InChI=1S/C22H19N5O3S/c1-15-11-13-27(14-12-15)22-21(24-19-5-3-4-6-20(19)25-22)26-31(29,30)18-9-7-17(8-10-18)23-16(2)28/h3-14H,1-2H3,(H-,23,24,26,28)/p+1. The number of sulfonamides is 1. The Balaban J connectivity index is 1.76. The summed E-state index contributed by atoms with van der Waals surface area (Å²) in [6.45, 7) is 3.35. The molecule has 0 atom stereocenters. The van der Waals surface area contributed by atoms with Crippen molar-refractivity contribution < 1.29 is 17.8 Å².